The monoisotopic (exact) mass is 190 g/mol. The maximum Gasteiger partial charge on any atom is 0.150 e. The molecule has 0 saturated carbocycles. The number of hydrogen-bond acceptors (Lipinski definition) is 3. The summed E-state index contributed by atoms with van der Waals surface area (Å²) in [5.74, 6) is 5.61. The molecule has 0 amide bonds. The average Bonchev–Trinajstić information content (AvgIpc) is 2.23. The lowest BCUT2D eigenvalue weighted by Crippen LogP contribution is -2.30. The lowest BCUT2D eigenvalue weighted by molar-refractivity contribution is 0.735. The van der Waals surface area contributed by atoms with Crippen LogP contribution in [-0.4, -0.2) is 17.8 Å². The Morgan fingerprint density at radius 3 is 3.07 bits per heavy atom. The second-order valence-corrected chi connectivity index (χ2v) is 3.36. The van der Waals surface area contributed by atoms with Crippen LogP contribution >= 0.6 is 0 Å². The van der Waals surface area contributed by atoms with E-state index in [9.17, 15) is 0 Å². The fourth-order valence-electron chi connectivity index (χ4n) is 1.65. The molecule has 0 bridgehead atoms. The summed E-state index contributed by atoms with van der Waals surface area (Å²) >= 11 is 0. The molecule has 1 aliphatic rings. The summed E-state index contributed by atoms with van der Waals surface area (Å²) in [6, 6.07) is 3.82. The highest BCUT2D eigenvalue weighted by Crippen LogP contribution is 2.15. The van der Waals surface area contributed by atoms with Crippen LogP contribution in [0.1, 0.15) is 12.0 Å². The van der Waals surface area contributed by atoms with Crippen LogP contribution in [0.2, 0.25) is 0 Å². The van der Waals surface area contributed by atoms with Crippen LogP contribution in [0.15, 0.2) is 24.4 Å². The Balaban J connectivity index is 2.46. The molecule has 0 spiro atoms. The van der Waals surface area contributed by atoms with Gasteiger partial charge in [-0.25, -0.2) is 0 Å². The fourth-order valence-corrected chi connectivity index (χ4v) is 1.65. The SMILES string of the molecule is N=c1c(C2=CCNCC2)cccn1N. The van der Waals surface area contributed by atoms with E-state index in [0.717, 1.165) is 25.1 Å². The first kappa shape index (κ1) is 9.02. The highest BCUT2D eigenvalue weighted by atomic mass is 15.3. The van der Waals surface area contributed by atoms with E-state index in [1.165, 1.54) is 10.2 Å². The van der Waals surface area contributed by atoms with E-state index >= 15 is 0 Å². The molecule has 0 aliphatic carbocycles. The lowest BCUT2D eigenvalue weighted by Gasteiger charge is -2.14. The van der Waals surface area contributed by atoms with Crippen molar-refractivity contribution in [2.24, 2.45) is 0 Å². The molecule has 2 rings (SSSR count). The van der Waals surface area contributed by atoms with Gasteiger partial charge in [-0.2, -0.15) is 0 Å². The summed E-state index contributed by atoms with van der Waals surface area (Å²) in [6.45, 7) is 1.86. The van der Waals surface area contributed by atoms with E-state index in [0.29, 0.717) is 5.49 Å². The average molecular weight is 190 g/mol. The molecule has 0 fully saturated rings. The van der Waals surface area contributed by atoms with Crippen molar-refractivity contribution in [1.29, 1.82) is 5.41 Å². The quantitative estimate of drug-likeness (QED) is 0.548. The molecule has 0 radical (unpaired) electrons. The maximum atomic E-state index is 7.81. The first-order valence-electron chi connectivity index (χ1n) is 4.70. The van der Waals surface area contributed by atoms with E-state index < -0.39 is 0 Å². The van der Waals surface area contributed by atoms with Crippen molar-refractivity contribution in [3.63, 3.8) is 0 Å². The highest BCUT2D eigenvalue weighted by molar-refractivity contribution is 5.65. The molecule has 0 unspecified atom stereocenters. The third kappa shape index (κ3) is 1.56. The standard InChI is InChI=1S/C10H14N4/c11-10-9(2-1-7-14(10)12)8-3-5-13-6-4-8/h1-3,7,11,13H,4-6,12H2. The molecule has 0 saturated heterocycles. The predicted molar refractivity (Wildman–Crippen MR) is 55.9 cm³/mol. The summed E-state index contributed by atoms with van der Waals surface area (Å²) in [4.78, 5) is 0. The number of rotatable bonds is 1. The molecular formula is C10H14N4. The van der Waals surface area contributed by atoms with Crippen molar-refractivity contribution in [3.05, 3.63) is 35.5 Å². The van der Waals surface area contributed by atoms with Crippen LogP contribution in [0.25, 0.3) is 5.57 Å². The van der Waals surface area contributed by atoms with Gasteiger partial charge in [-0.05, 0) is 30.7 Å². The molecular weight excluding hydrogens is 176 g/mol. The van der Waals surface area contributed by atoms with Crippen LogP contribution in [0.5, 0.6) is 0 Å². The van der Waals surface area contributed by atoms with Crippen LogP contribution < -0.4 is 16.6 Å². The van der Waals surface area contributed by atoms with E-state index in [4.69, 9.17) is 11.3 Å². The van der Waals surface area contributed by atoms with Gasteiger partial charge in [0.25, 0.3) is 0 Å². The first-order chi connectivity index (χ1) is 6.79. The van der Waals surface area contributed by atoms with Crippen LogP contribution in [0, 0.1) is 5.41 Å². The summed E-state index contributed by atoms with van der Waals surface area (Å²) in [7, 11) is 0. The molecule has 0 atom stereocenters. The highest BCUT2D eigenvalue weighted by Gasteiger charge is 2.07. The molecule has 4 N–H and O–H groups in total. The summed E-state index contributed by atoms with van der Waals surface area (Å²) in [5.41, 5.74) is 2.53. The number of nitrogens with two attached hydrogens (primary N) is 1. The molecule has 4 heteroatoms. The van der Waals surface area contributed by atoms with Crippen molar-refractivity contribution in [1.82, 2.24) is 9.99 Å². The van der Waals surface area contributed by atoms with E-state index in [-0.39, 0.29) is 0 Å². The first-order valence-corrected chi connectivity index (χ1v) is 4.70. The van der Waals surface area contributed by atoms with Crippen molar-refractivity contribution >= 4 is 5.57 Å². The van der Waals surface area contributed by atoms with Gasteiger partial charge in [0.05, 0.1) is 0 Å². The molecule has 1 aliphatic heterocycles. The predicted octanol–water partition coefficient (Wildman–Crippen LogP) is 0.0581. The minimum Gasteiger partial charge on any atom is -0.338 e. The maximum absolute atomic E-state index is 7.81. The van der Waals surface area contributed by atoms with Crippen LogP contribution in [-0.2, 0) is 0 Å². The third-order valence-electron chi connectivity index (χ3n) is 2.43. The summed E-state index contributed by atoms with van der Waals surface area (Å²) in [6.07, 6.45) is 4.78. The van der Waals surface area contributed by atoms with E-state index in [2.05, 4.69) is 11.4 Å². The Hall–Kier alpha value is -1.55. The zero-order chi connectivity index (χ0) is 9.97. The van der Waals surface area contributed by atoms with Gasteiger partial charge < -0.3 is 11.2 Å². The lowest BCUT2D eigenvalue weighted by atomic mass is 10.0. The second kappa shape index (κ2) is 3.67. The Bertz CT molecular complexity index is 416. The van der Waals surface area contributed by atoms with Gasteiger partial charge in [-0.3, -0.25) is 10.1 Å². The molecule has 4 nitrogen and oxygen atoms in total. The van der Waals surface area contributed by atoms with Gasteiger partial charge in [0.2, 0.25) is 0 Å². The van der Waals surface area contributed by atoms with Gasteiger partial charge in [0, 0.05) is 18.3 Å². The van der Waals surface area contributed by atoms with Crippen molar-refractivity contribution in [2.45, 2.75) is 6.42 Å². The van der Waals surface area contributed by atoms with Crippen molar-refractivity contribution in [3.8, 4) is 0 Å². The van der Waals surface area contributed by atoms with Gasteiger partial charge >= 0.3 is 0 Å². The number of aromatic nitrogens is 1. The van der Waals surface area contributed by atoms with Gasteiger partial charge in [0.1, 0.15) is 0 Å². The smallest absolute Gasteiger partial charge is 0.150 e. The largest absolute Gasteiger partial charge is 0.338 e. The second-order valence-electron chi connectivity index (χ2n) is 3.36. The third-order valence-corrected chi connectivity index (χ3v) is 2.43. The normalized spacial score (nSPS) is 16.4. The van der Waals surface area contributed by atoms with Gasteiger partial charge in [-0.1, -0.05) is 6.08 Å². The fraction of sp³-hybridized carbons (Fsp3) is 0.300. The zero-order valence-corrected chi connectivity index (χ0v) is 7.96. The minimum atomic E-state index is 0.376. The molecule has 0 aromatic carbocycles. The number of nitrogen functional groups attached to an aromatic ring is 1. The number of nitrogens with zero attached hydrogens (tertiary/aromatic N) is 1. The van der Waals surface area contributed by atoms with Gasteiger partial charge in [-0.15, -0.1) is 0 Å². The summed E-state index contributed by atoms with van der Waals surface area (Å²) in [5, 5.41) is 11.1. The van der Waals surface area contributed by atoms with E-state index in [1.54, 1.807) is 6.20 Å². The number of nitrogens with one attached hydrogen (secondary N) is 2. The minimum absolute atomic E-state index is 0.376. The number of hydrogen-bond donors (Lipinski definition) is 3. The molecule has 1 aromatic rings. The Morgan fingerprint density at radius 2 is 2.36 bits per heavy atom. The summed E-state index contributed by atoms with van der Waals surface area (Å²) < 4.78 is 1.35. The van der Waals surface area contributed by atoms with Crippen LogP contribution in [0.3, 0.4) is 0 Å². The Labute approximate surface area is 82.5 Å². The molecule has 74 valence electrons. The van der Waals surface area contributed by atoms with Crippen molar-refractivity contribution in [2.75, 3.05) is 18.9 Å². The molecule has 14 heavy (non-hydrogen) atoms. The van der Waals surface area contributed by atoms with Crippen molar-refractivity contribution < 1.29 is 0 Å². The Morgan fingerprint density at radius 1 is 1.50 bits per heavy atom. The van der Waals surface area contributed by atoms with E-state index in [1.807, 2.05) is 12.1 Å². The Kier molecular flexibility index (Phi) is 2.37. The number of pyridine rings is 1. The van der Waals surface area contributed by atoms with Gasteiger partial charge in [0.15, 0.2) is 5.49 Å². The molecule has 2 heterocycles. The van der Waals surface area contributed by atoms with Crippen LogP contribution in [0.4, 0.5) is 0 Å². The zero-order valence-electron chi connectivity index (χ0n) is 7.96. The topological polar surface area (TPSA) is 66.8 Å². The molecule has 1 aromatic heterocycles.